The number of nitrogens with one attached hydrogen (secondary N) is 1. The van der Waals surface area contributed by atoms with Gasteiger partial charge in [-0.2, -0.15) is 0 Å². The zero-order valence-corrected chi connectivity index (χ0v) is 9.71. The third-order valence-corrected chi connectivity index (χ3v) is 2.38. The molecule has 14 heavy (non-hydrogen) atoms. The number of rotatable bonds is 3. The summed E-state index contributed by atoms with van der Waals surface area (Å²) in [7, 11) is 3.44. The SMILES string of the molecule is CNC(=O)CN(C)c1ncccc1Br. The zero-order chi connectivity index (χ0) is 10.6. The van der Waals surface area contributed by atoms with E-state index in [1.165, 1.54) is 0 Å². The molecule has 0 spiro atoms. The van der Waals surface area contributed by atoms with E-state index in [0.717, 1.165) is 10.3 Å². The predicted octanol–water partition coefficient (Wildman–Crippen LogP) is 1.03. The van der Waals surface area contributed by atoms with Crippen molar-refractivity contribution < 1.29 is 4.79 Å². The minimum Gasteiger partial charge on any atom is -0.358 e. The van der Waals surface area contributed by atoms with Gasteiger partial charge >= 0.3 is 0 Å². The Balaban J connectivity index is 2.74. The van der Waals surface area contributed by atoms with Gasteiger partial charge < -0.3 is 10.2 Å². The highest BCUT2D eigenvalue weighted by Gasteiger charge is 2.09. The molecule has 0 atom stereocenters. The maximum Gasteiger partial charge on any atom is 0.239 e. The number of pyridine rings is 1. The summed E-state index contributed by atoms with van der Waals surface area (Å²) in [6.45, 7) is 0.298. The lowest BCUT2D eigenvalue weighted by molar-refractivity contribution is -0.119. The van der Waals surface area contributed by atoms with Crippen molar-refractivity contribution in [3.8, 4) is 0 Å². The molecule has 0 bridgehead atoms. The Morgan fingerprint density at radius 2 is 2.43 bits per heavy atom. The Hall–Kier alpha value is -1.10. The number of nitrogens with zero attached hydrogens (tertiary/aromatic N) is 2. The number of carbonyl (C=O) groups is 1. The molecule has 5 heteroatoms. The molecule has 0 fully saturated rings. The summed E-state index contributed by atoms with van der Waals surface area (Å²) in [5.41, 5.74) is 0. The largest absolute Gasteiger partial charge is 0.358 e. The molecule has 76 valence electrons. The molecule has 4 nitrogen and oxygen atoms in total. The molecule has 0 aromatic carbocycles. The van der Waals surface area contributed by atoms with Gasteiger partial charge in [0.2, 0.25) is 5.91 Å². The molecule has 1 aromatic heterocycles. The Morgan fingerprint density at radius 1 is 1.71 bits per heavy atom. The number of anilines is 1. The number of likely N-dealkylation sites (N-methyl/N-ethyl adjacent to an activating group) is 2. The highest BCUT2D eigenvalue weighted by molar-refractivity contribution is 9.10. The minimum absolute atomic E-state index is 0.0370. The van der Waals surface area contributed by atoms with Crippen LogP contribution in [-0.4, -0.2) is 31.5 Å². The molecule has 0 aliphatic carbocycles. The lowest BCUT2D eigenvalue weighted by atomic mass is 10.4. The second kappa shape index (κ2) is 4.95. The predicted molar refractivity (Wildman–Crippen MR) is 59.3 cm³/mol. The van der Waals surface area contributed by atoms with E-state index >= 15 is 0 Å². The van der Waals surface area contributed by atoms with Gasteiger partial charge in [-0.25, -0.2) is 4.98 Å². The average Bonchev–Trinajstić information content (AvgIpc) is 2.18. The number of carbonyl (C=O) groups excluding carboxylic acids is 1. The van der Waals surface area contributed by atoms with E-state index in [-0.39, 0.29) is 5.91 Å². The molecule has 0 saturated carbocycles. The van der Waals surface area contributed by atoms with Gasteiger partial charge in [-0.3, -0.25) is 4.79 Å². The Bertz CT molecular complexity index is 330. The highest BCUT2D eigenvalue weighted by atomic mass is 79.9. The zero-order valence-electron chi connectivity index (χ0n) is 8.12. The van der Waals surface area contributed by atoms with Gasteiger partial charge in [0, 0.05) is 20.3 Å². The van der Waals surface area contributed by atoms with Crippen LogP contribution in [0.4, 0.5) is 5.82 Å². The van der Waals surface area contributed by atoms with Gasteiger partial charge in [-0.05, 0) is 28.1 Å². The van der Waals surface area contributed by atoms with E-state index in [0.29, 0.717) is 6.54 Å². The standard InChI is InChI=1S/C9H12BrN3O/c1-11-8(14)6-13(2)9-7(10)4-3-5-12-9/h3-5H,6H2,1-2H3,(H,11,14). The molecule has 1 rings (SSSR count). The van der Waals surface area contributed by atoms with E-state index in [2.05, 4.69) is 26.2 Å². The third-order valence-electron chi connectivity index (χ3n) is 1.76. The molecule has 1 heterocycles. The molecule has 0 aliphatic heterocycles. The number of aromatic nitrogens is 1. The molecule has 0 radical (unpaired) electrons. The molecule has 1 amide bonds. The van der Waals surface area contributed by atoms with Gasteiger partial charge in [0.25, 0.3) is 0 Å². The van der Waals surface area contributed by atoms with Crippen LogP contribution < -0.4 is 10.2 Å². The second-order valence-corrected chi connectivity index (χ2v) is 3.69. The summed E-state index contributed by atoms with van der Waals surface area (Å²) < 4.78 is 0.881. The van der Waals surface area contributed by atoms with E-state index in [1.807, 2.05) is 19.2 Å². The number of hydrogen-bond donors (Lipinski definition) is 1. The van der Waals surface area contributed by atoms with Crippen LogP contribution in [0.1, 0.15) is 0 Å². The second-order valence-electron chi connectivity index (χ2n) is 2.84. The van der Waals surface area contributed by atoms with Crippen LogP contribution in [0.2, 0.25) is 0 Å². The van der Waals surface area contributed by atoms with Crippen LogP contribution in [0.15, 0.2) is 22.8 Å². The fourth-order valence-electron chi connectivity index (χ4n) is 1.03. The van der Waals surface area contributed by atoms with Crippen molar-refractivity contribution in [3.63, 3.8) is 0 Å². The van der Waals surface area contributed by atoms with Gasteiger partial charge in [0.15, 0.2) is 0 Å². The molecule has 0 aliphatic rings. The smallest absolute Gasteiger partial charge is 0.239 e. The molecule has 0 saturated heterocycles. The number of halogens is 1. The first kappa shape index (κ1) is 11.0. The summed E-state index contributed by atoms with van der Waals surface area (Å²) in [5, 5.41) is 2.56. The normalized spacial score (nSPS) is 9.64. The van der Waals surface area contributed by atoms with Gasteiger partial charge in [0.05, 0.1) is 11.0 Å². The maximum absolute atomic E-state index is 11.1. The maximum atomic E-state index is 11.1. The van der Waals surface area contributed by atoms with E-state index in [9.17, 15) is 4.79 Å². The molecular weight excluding hydrogens is 246 g/mol. The van der Waals surface area contributed by atoms with Crippen LogP contribution in [-0.2, 0) is 4.79 Å². The lowest BCUT2D eigenvalue weighted by Crippen LogP contribution is -2.33. The van der Waals surface area contributed by atoms with Gasteiger partial charge in [-0.15, -0.1) is 0 Å². The van der Waals surface area contributed by atoms with Crippen molar-refractivity contribution in [1.29, 1.82) is 0 Å². The first-order valence-electron chi connectivity index (χ1n) is 4.17. The summed E-state index contributed by atoms with van der Waals surface area (Å²) in [6, 6.07) is 3.73. The fraction of sp³-hybridized carbons (Fsp3) is 0.333. The monoisotopic (exact) mass is 257 g/mol. The van der Waals surface area contributed by atoms with Crippen molar-refractivity contribution in [3.05, 3.63) is 22.8 Å². The fourth-order valence-corrected chi connectivity index (χ4v) is 1.59. The Morgan fingerprint density at radius 3 is 3.00 bits per heavy atom. The molecule has 1 N–H and O–H groups in total. The topological polar surface area (TPSA) is 45.2 Å². The van der Waals surface area contributed by atoms with Crippen LogP contribution in [0, 0.1) is 0 Å². The summed E-state index contributed by atoms with van der Waals surface area (Å²) >= 11 is 3.37. The van der Waals surface area contributed by atoms with Crippen LogP contribution in [0.3, 0.4) is 0 Å². The van der Waals surface area contributed by atoms with Crippen LogP contribution in [0.25, 0.3) is 0 Å². The van der Waals surface area contributed by atoms with Gasteiger partial charge in [0.1, 0.15) is 5.82 Å². The van der Waals surface area contributed by atoms with Crippen molar-refractivity contribution in [1.82, 2.24) is 10.3 Å². The molecular formula is C9H12BrN3O. The van der Waals surface area contributed by atoms with Crippen molar-refractivity contribution in [2.24, 2.45) is 0 Å². The Labute approximate surface area is 91.4 Å². The van der Waals surface area contributed by atoms with E-state index in [1.54, 1.807) is 18.1 Å². The van der Waals surface area contributed by atoms with Crippen LogP contribution >= 0.6 is 15.9 Å². The van der Waals surface area contributed by atoms with Crippen LogP contribution in [0.5, 0.6) is 0 Å². The van der Waals surface area contributed by atoms with Gasteiger partial charge in [-0.1, -0.05) is 0 Å². The first-order valence-corrected chi connectivity index (χ1v) is 4.96. The first-order chi connectivity index (χ1) is 6.65. The van der Waals surface area contributed by atoms with Crippen molar-refractivity contribution >= 4 is 27.7 Å². The van der Waals surface area contributed by atoms with Crippen molar-refractivity contribution in [2.45, 2.75) is 0 Å². The summed E-state index contributed by atoms with van der Waals surface area (Å²) in [5.74, 6) is 0.723. The highest BCUT2D eigenvalue weighted by Crippen LogP contribution is 2.21. The van der Waals surface area contributed by atoms with E-state index in [4.69, 9.17) is 0 Å². The summed E-state index contributed by atoms with van der Waals surface area (Å²) in [6.07, 6.45) is 1.69. The quantitative estimate of drug-likeness (QED) is 0.880. The molecule has 1 aromatic rings. The number of hydrogen-bond acceptors (Lipinski definition) is 3. The number of amides is 1. The minimum atomic E-state index is -0.0370. The third kappa shape index (κ3) is 2.70. The Kier molecular flexibility index (Phi) is 3.88. The average molecular weight is 258 g/mol. The van der Waals surface area contributed by atoms with E-state index < -0.39 is 0 Å². The summed E-state index contributed by atoms with van der Waals surface area (Å²) in [4.78, 5) is 17.1. The van der Waals surface area contributed by atoms with Crippen molar-refractivity contribution in [2.75, 3.05) is 25.5 Å². The lowest BCUT2D eigenvalue weighted by Gasteiger charge is -2.17. The molecule has 0 unspecified atom stereocenters.